The van der Waals surface area contributed by atoms with Gasteiger partial charge in [0.15, 0.2) is 0 Å². The molecule has 1 aliphatic rings. The Labute approximate surface area is 111 Å². The molecule has 0 radical (unpaired) electrons. The average molecular weight is 269 g/mol. The third-order valence-corrected chi connectivity index (χ3v) is 4.18. The number of aromatic amines is 1. The molecule has 18 heavy (non-hydrogen) atoms. The van der Waals surface area contributed by atoms with Gasteiger partial charge in [0.05, 0.1) is 5.56 Å². The van der Waals surface area contributed by atoms with Gasteiger partial charge in [0.2, 0.25) is 5.56 Å². The summed E-state index contributed by atoms with van der Waals surface area (Å²) in [5.74, 6) is 0.418. The van der Waals surface area contributed by atoms with Gasteiger partial charge in [-0.3, -0.25) is 9.59 Å². The lowest BCUT2D eigenvalue weighted by atomic mass is 9.88. The van der Waals surface area contributed by atoms with Crippen LogP contribution in [0.2, 0.25) is 0 Å². The zero-order valence-corrected chi connectivity index (χ0v) is 10.9. The molecular weight excluding hydrogens is 252 g/mol. The number of H-pyrrole nitrogens is 1. The maximum atomic E-state index is 11.9. The van der Waals surface area contributed by atoms with E-state index in [4.69, 9.17) is 11.6 Å². The van der Waals surface area contributed by atoms with Gasteiger partial charge in [0.1, 0.15) is 0 Å². The molecule has 98 valence electrons. The molecule has 1 fully saturated rings. The van der Waals surface area contributed by atoms with E-state index >= 15 is 0 Å². The summed E-state index contributed by atoms with van der Waals surface area (Å²) < 4.78 is 0. The van der Waals surface area contributed by atoms with Gasteiger partial charge in [-0.15, -0.1) is 11.6 Å². The van der Waals surface area contributed by atoms with E-state index in [0.717, 1.165) is 12.8 Å². The van der Waals surface area contributed by atoms with Crippen LogP contribution in [0.3, 0.4) is 0 Å². The molecule has 4 nitrogen and oxygen atoms in total. The highest BCUT2D eigenvalue weighted by Crippen LogP contribution is 2.38. The van der Waals surface area contributed by atoms with E-state index in [2.05, 4.69) is 10.3 Å². The number of hydrogen-bond acceptors (Lipinski definition) is 2. The van der Waals surface area contributed by atoms with E-state index in [1.54, 1.807) is 0 Å². The number of amides is 1. The molecule has 1 saturated carbocycles. The normalized spacial score (nSPS) is 17.6. The summed E-state index contributed by atoms with van der Waals surface area (Å²) in [7, 11) is 0. The second-order valence-electron chi connectivity index (χ2n) is 4.97. The van der Waals surface area contributed by atoms with Crippen LogP contribution in [0.5, 0.6) is 0 Å². The van der Waals surface area contributed by atoms with Crippen molar-refractivity contribution >= 4 is 17.5 Å². The lowest BCUT2D eigenvalue weighted by Gasteiger charge is -2.26. The molecule has 2 N–H and O–H groups in total. The Bertz CT molecular complexity index is 458. The Hall–Kier alpha value is -1.29. The summed E-state index contributed by atoms with van der Waals surface area (Å²) in [6, 6.07) is 2.87. The molecule has 0 aromatic carbocycles. The van der Waals surface area contributed by atoms with Crippen LogP contribution in [-0.2, 0) is 0 Å². The molecular formula is C13H17ClN2O2. The molecule has 0 atom stereocenters. The standard InChI is InChI=1S/C13H17ClN2O2/c14-8-13(5-1-2-6-13)9-16-12(18)10-3-4-11(17)15-7-10/h3-4,7H,1-2,5-6,8-9H2,(H,15,17)(H,16,18). The largest absolute Gasteiger partial charge is 0.351 e. The maximum Gasteiger partial charge on any atom is 0.252 e. The Morgan fingerprint density at radius 3 is 2.67 bits per heavy atom. The van der Waals surface area contributed by atoms with Crippen LogP contribution in [-0.4, -0.2) is 23.3 Å². The summed E-state index contributed by atoms with van der Waals surface area (Å²) in [6.07, 6.45) is 5.94. The third kappa shape index (κ3) is 2.93. The van der Waals surface area contributed by atoms with Gasteiger partial charge in [-0.25, -0.2) is 0 Å². The van der Waals surface area contributed by atoms with Gasteiger partial charge in [-0.2, -0.15) is 0 Å². The zero-order chi connectivity index (χ0) is 13.0. The number of carbonyl (C=O) groups is 1. The molecule has 0 aliphatic heterocycles. The fraction of sp³-hybridized carbons (Fsp3) is 0.538. The minimum absolute atomic E-state index is 0.0550. The first kappa shape index (κ1) is 13.1. The van der Waals surface area contributed by atoms with Crippen molar-refractivity contribution in [1.82, 2.24) is 10.3 Å². The van der Waals surface area contributed by atoms with E-state index in [0.29, 0.717) is 18.0 Å². The van der Waals surface area contributed by atoms with Crippen LogP contribution in [0.1, 0.15) is 36.0 Å². The van der Waals surface area contributed by atoms with Crippen LogP contribution >= 0.6 is 11.6 Å². The van der Waals surface area contributed by atoms with Crippen LogP contribution in [0.25, 0.3) is 0 Å². The van der Waals surface area contributed by atoms with Gasteiger partial charge in [0, 0.05) is 30.1 Å². The van der Waals surface area contributed by atoms with E-state index in [9.17, 15) is 9.59 Å². The number of alkyl halides is 1. The molecule has 0 saturated heterocycles. The Morgan fingerprint density at radius 2 is 2.11 bits per heavy atom. The third-order valence-electron chi connectivity index (χ3n) is 3.62. The lowest BCUT2D eigenvalue weighted by molar-refractivity contribution is 0.0934. The maximum absolute atomic E-state index is 11.9. The molecule has 0 unspecified atom stereocenters. The number of aromatic nitrogens is 1. The topological polar surface area (TPSA) is 62.0 Å². The highest BCUT2D eigenvalue weighted by atomic mass is 35.5. The van der Waals surface area contributed by atoms with Crippen molar-refractivity contribution in [2.45, 2.75) is 25.7 Å². The van der Waals surface area contributed by atoms with Crippen LogP contribution in [0.4, 0.5) is 0 Å². The first-order chi connectivity index (χ1) is 8.65. The number of nitrogens with one attached hydrogen (secondary N) is 2. The predicted molar refractivity (Wildman–Crippen MR) is 71.0 cm³/mol. The molecule has 5 heteroatoms. The Kier molecular flexibility index (Phi) is 4.07. The fourth-order valence-corrected chi connectivity index (χ4v) is 2.77. The minimum Gasteiger partial charge on any atom is -0.351 e. The van der Waals surface area contributed by atoms with Gasteiger partial charge in [0.25, 0.3) is 5.91 Å². The van der Waals surface area contributed by atoms with Crippen molar-refractivity contribution in [2.24, 2.45) is 5.41 Å². The van der Waals surface area contributed by atoms with E-state index in [-0.39, 0.29) is 16.9 Å². The van der Waals surface area contributed by atoms with Crippen molar-refractivity contribution in [2.75, 3.05) is 12.4 Å². The van der Waals surface area contributed by atoms with Crippen molar-refractivity contribution in [3.05, 3.63) is 34.2 Å². The smallest absolute Gasteiger partial charge is 0.252 e. The number of carbonyl (C=O) groups excluding carboxylic acids is 1. The monoisotopic (exact) mass is 268 g/mol. The quantitative estimate of drug-likeness (QED) is 0.820. The number of pyridine rings is 1. The Morgan fingerprint density at radius 1 is 1.39 bits per heavy atom. The molecule has 2 rings (SSSR count). The SMILES string of the molecule is O=C(NCC1(CCl)CCCC1)c1ccc(=O)[nH]c1. The summed E-state index contributed by atoms with van der Waals surface area (Å²) >= 11 is 6.02. The van der Waals surface area contributed by atoms with Gasteiger partial charge in [-0.05, 0) is 18.9 Å². The molecule has 1 aromatic heterocycles. The van der Waals surface area contributed by atoms with Crippen molar-refractivity contribution in [3.8, 4) is 0 Å². The van der Waals surface area contributed by atoms with Crippen LogP contribution in [0, 0.1) is 5.41 Å². The molecule has 1 aromatic rings. The van der Waals surface area contributed by atoms with E-state index in [1.165, 1.54) is 31.2 Å². The van der Waals surface area contributed by atoms with Crippen LogP contribution < -0.4 is 10.9 Å². The summed E-state index contributed by atoms with van der Waals surface area (Å²) in [5.41, 5.74) is 0.316. The highest BCUT2D eigenvalue weighted by molar-refractivity contribution is 6.18. The average Bonchev–Trinajstić information content (AvgIpc) is 2.86. The number of hydrogen-bond donors (Lipinski definition) is 2. The Balaban J connectivity index is 1.95. The lowest BCUT2D eigenvalue weighted by Crippen LogP contribution is -2.37. The van der Waals surface area contributed by atoms with E-state index < -0.39 is 0 Å². The zero-order valence-electron chi connectivity index (χ0n) is 10.2. The van der Waals surface area contributed by atoms with Crippen molar-refractivity contribution in [1.29, 1.82) is 0 Å². The molecule has 0 bridgehead atoms. The molecule has 1 aliphatic carbocycles. The first-order valence-corrected chi connectivity index (χ1v) is 6.72. The van der Waals surface area contributed by atoms with Gasteiger partial charge < -0.3 is 10.3 Å². The summed E-state index contributed by atoms with van der Waals surface area (Å²) in [5, 5.41) is 2.91. The molecule has 1 amide bonds. The molecule has 1 heterocycles. The minimum atomic E-state index is -0.209. The summed E-state index contributed by atoms with van der Waals surface area (Å²) in [4.78, 5) is 25.3. The van der Waals surface area contributed by atoms with E-state index in [1.807, 2.05) is 0 Å². The fourth-order valence-electron chi connectivity index (χ4n) is 2.40. The summed E-state index contributed by atoms with van der Waals surface area (Å²) in [6.45, 7) is 0.606. The number of halogens is 1. The van der Waals surface area contributed by atoms with Crippen LogP contribution in [0.15, 0.2) is 23.1 Å². The second kappa shape index (κ2) is 5.57. The van der Waals surface area contributed by atoms with Crippen molar-refractivity contribution < 1.29 is 4.79 Å². The predicted octanol–water partition coefficient (Wildman–Crippen LogP) is 1.90. The molecule has 0 spiro atoms. The van der Waals surface area contributed by atoms with Crippen molar-refractivity contribution in [3.63, 3.8) is 0 Å². The van der Waals surface area contributed by atoms with Gasteiger partial charge in [-0.1, -0.05) is 12.8 Å². The van der Waals surface area contributed by atoms with Gasteiger partial charge >= 0.3 is 0 Å². The second-order valence-corrected chi connectivity index (χ2v) is 5.23. The number of rotatable bonds is 4. The highest BCUT2D eigenvalue weighted by Gasteiger charge is 2.33. The first-order valence-electron chi connectivity index (χ1n) is 6.18.